The molecule has 0 aliphatic carbocycles. The minimum Gasteiger partial charge on any atom is -0.272 e. The van der Waals surface area contributed by atoms with E-state index < -0.39 is 0 Å². The Morgan fingerprint density at radius 1 is 0.963 bits per heavy atom. The minimum atomic E-state index is 0.769. The highest BCUT2D eigenvalue weighted by molar-refractivity contribution is 5.69. The largest absolute Gasteiger partial charge is 0.272 e. The van der Waals surface area contributed by atoms with Crippen LogP contribution < -0.4 is 0 Å². The van der Waals surface area contributed by atoms with E-state index in [9.17, 15) is 0 Å². The van der Waals surface area contributed by atoms with Crippen LogP contribution in [-0.4, -0.2) is 34.3 Å². The first-order valence-electron chi connectivity index (χ1n) is 9.01. The van der Waals surface area contributed by atoms with Crippen molar-refractivity contribution in [2.45, 2.75) is 26.8 Å². The summed E-state index contributed by atoms with van der Waals surface area (Å²) in [6, 6.07) is 12.5. The fourth-order valence-electron chi connectivity index (χ4n) is 3.45. The Bertz CT molecular complexity index is 1070. The molecule has 0 radical (unpaired) electrons. The summed E-state index contributed by atoms with van der Waals surface area (Å²) in [4.78, 5) is 4.49. The van der Waals surface area contributed by atoms with E-state index in [1.54, 1.807) is 6.33 Å². The zero-order valence-electron chi connectivity index (χ0n) is 16.1. The Kier molecular flexibility index (Phi) is 4.35. The fourth-order valence-corrected chi connectivity index (χ4v) is 3.45. The van der Waals surface area contributed by atoms with Gasteiger partial charge in [-0.25, -0.2) is 9.67 Å². The molecule has 4 aromatic rings. The SMILES string of the molecule is Cc1nn(C)c(C)c1-c1cc(-c2ncnn2CCc2ccccc2)n(C)n1. The molecule has 0 fully saturated rings. The van der Waals surface area contributed by atoms with Crippen LogP contribution in [0.3, 0.4) is 0 Å². The molecule has 4 rings (SSSR count). The van der Waals surface area contributed by atoms with Gasteiger partial charge in [-0.05, 0) is 31.9 Å². The zero-order valence-corrected chi connectivity index (χ0v) is 16.1. The van der Waals surface area contributed by atoms with Gasteiger partial charge in [0.05, 0.1) is 11.4 Å². The van der Waals surface area contributed by atoms with Crippen LogP contribution in [0.25, 0.3) is 22.8 Å². The maximum Gasteiger partial charge on any atom is 0.176 e. The first kappa shape index (κ1) is 17.2. The lowest BCUT2D eigenvalue weighted by Crippen LogP contribution is -2.07. The number of nitrogens with zero attached hydrogens (tertiary/aromatic N) is 7. The number of hydrogen-bond donors (Lipinski definition) is 0. The highest BCUT2D eigenvalue weighted by Gasteiger charge is 2.19. The Morgan fingerprint density at radius 2 is 1.74 bits per heavy atom. The van der Waals surface area contributed by atoms with Gasteiger partial charge in [-0.2, -0.15) is 15.3 Å². The van der Waals surface area contributed by atoms with E-state index in [0.29, 0.717) is 0 Å². The molecular weight excluding hydrogens is 338 g/mol. The van der Waals surface area contributed by atoms with Gasteiger partial charge in [0.15, 0.2) is 5.82 Å². The standard InChI is InChI=1S/C20H23N7/c1-14-19(15(2)25(3)23-14)17-12-18(26(4)24-17)20-21-13-22-27(20)11-10-16-8-6-5-7-9-16/h5-9,12-13H,10-11H2,1-4H3. The van der Waals surface area contributed by atoms with Gasteiger partial charge in [-0.1, -0.05) is 30.3 Å². The molecule has 0 saturated carbocycles. The number of aryl methyl sites for hydroxylation is 5. The van der Waals surface area contributed by atoms with E-state index in [1.165, 1.54) is 5.56 Å². The summed E-state index contributed by atoms with van der Waals surface area (Å²) >= 11 is 0. The van der Waals surface area contributed by atoms with Gasteiger partial charge in [-0.15, -0.1) is 0 Å². The average Bonchev–Trinajstić information content (AvgIpc) is 3.32. The Morgan fingerprint density at radius 3 is 2.44 bits per heavy atom. The van der Waals surface area contributed by atoms with Crippen LogP contribution in [-0.2, 0) is 27.1 Å². The Hall–Kier alpha value is -3.22. The molecule has 0 bridgehead atoms. The molecule has 3 aromatic heterocycles. The molecule has 1 aromatic carbocycles. The summed E-state index contributed by atoms with van der Waals surface area (Å²) in [5.41, 5.74) is 6.29. The van der Waals surface area contributed by atoms with Crippen molar-refractivity contribution in [3.63, 3.8) is 0 Å². The molecule has 0 amide bonds. The third kappa shape index (κ3) is 3.16. The molecule has 0 spiro atoms. The van der Waals surface area contributed by atoms with Gasteiger partial charge < -0.3 is 0 Å². The van der Waals surface area contributed by atoms with Crippen molar-refractivity contribution >= 4 is 0 Å². The van der Waals surface area contributed by atoms with E-state index in [1.807, 2.05) is 41.1 Å². The Labute approximate surface area is 158 Å². The van der Waals surface area contributed by atoms with Crippen LogP contribution in [0.5, 0.6) is 0 Å². The molecule has 7 nitrogen and oxygen atoms in total. The topological polar surface area (TPSA) is 66.3 Å². The maximum atomic E-state index is 4.71. The van der Waals surface area contributed by atoms with Crippen molar-refractivity contribution in [1.29, 1.82) is 0 Å². The smallest absolute Gasteiger partial charge is 0.176 e. The normalized spacial score (nSPS) is 11.3. The highest BCUT2D eigenvalue weighted by atomic mass is 15.4. The van der Waals surface area contributed by atoms with Crippen LogP contribution >= 0.6 is 0 Å². The van der Waals surface area contributed by atoms with Crippen LogP contribution in [0.2, 0.25) is 0 Å². The molecular formula is C20H23N7. The van der Waals surface area contributed by atoms with Gasteiger partial charge in [0, 0.05) is 31.9 Å². The third-order valence-electron chi connectivity index (χ3n) is 4.94. The van der Waals surface area contributed by atoms with Gasteiger partial charge in [0.25, 0.3) is 0 Å². The molecule has 0 N–H and O–H groups in total. The molecule has 0 atom stereocenters. The van der Waals surface area contributed by atoms with Crippen molar-refractivity contribution in [1.82, 2.24) is 34.3 Å². The van der Waals surface area contributed by atoms with E-state index in [4.69, 9.17) is 5.10 Å². The van der Waals surface area contributed by atoms with E-state index in [2.05, 4.69) is 52.4 Å². The van der Waals surface area contributed by atoms with Crippen molar-refractivity contribution in [3.05, 3.63) is 59.7 Å². The van der Waals surface area contributed by atoms with Crippen LogP contribution in [0.4, 0.5) is 0 Å². The van der Waals surface area contributed by atoms with Crippen molar-refractivity contribution in [3.8, 4) is 22.8 Å². The lowest BCUT2D eigenvalue weighted by Gasteiger charge is -2.06. The summed E-state index contributed by atoms with van der Waals surface area (Å²) in [7, 11) is 3.89. The predicted octanol–water partition coefficient (Wildman–Crippen LogP) is 2.94. The maximum absolute atomic E-state index is 4.71. The lowest BCUT2D eigenvalue weighted by molar-refractivity contribution is 0.614. The lowest BCUT2D eigenvalue weighted by atomic mass is 10.1. The van der Waals surface area contributed by atoms with Gasteiger partial charge >= 0.3 is 0 Å². The second kappa shape index (κ2) is 6.83. The quantitative estimate of drug-likeness (QED) is 0.548. The summed E-state index contributed by atoms with van der Waals surface area (Å²) in [6.07, 6.45) is 2.51. The van der Waals surface area contributed by atoms with Crippen LogP contribution in [0.1, 0.15) is 17.0 Å². The predicted molar refractivity (Wildman–Crippen MR) is 104 cm³/mol. The van der Waals surface area contributed by atoms with Crippen molar-refractivity contribution < 1.29 is 0 Å². The highest BCUT2D eigenvalue weighted by Crippen LogP contribution is 2.29. The fraction of sp³-hybridized carbons (Fsp3) is 0.300. The monoisotopic (exact) mass is 361 g/mol. The first-order valence-corrected chi connectivity index (χ1v) is 9.01. The molecule has 7 heteroatoms. The molecule has 0 aliphatic heterocycles. The van der Waals surface area contributed by atoms with Gasteiger partial charge in [-0.3, -0.25) is 9.36 Å². The van der Waals surface area contributed by atoms with Crippen molar-refractivity contribution in [2.24, 2.45) is 14.1 Å². The molecule has 3 heterocycles. The molecule has 0 aliphatic rings. The first-order chi connectivity index (χ1) is 13.0. The summed E-state index contributed by atoms with van der Waals surface area (Å²) in [5.74, 6) is 0.825. The number of rotatable bonds is 5. The molecule has 138 valence electrons. The average molecular weight is 361 g/mol. The van der Waals surface area contributed by atoms with Gasteiger partial charge in [0.1, 0.15) is 12.0 Å². The summed E-state index contributed by atoms with van der Waals surface area (Å²) < 4.78 is 5.70. The van der Waals surface area contributed by atoms with Crippen LogP contribution in [0, 0.1) is 13.8 Å². The molecule has 27 heavy (non-hydrogen) atoms. The van der Waals surface area contributed by atoms with Crippen LogP contribution in [0.15, 0.2) is 42.7 Å². The molecule has 0 saturated heterocycles. The second-order valence-corrected chi connectivity index (χ2v) is 6.75. The number of hydrogen-bond acceptors (Lipinski definition) is 4. The summed E-state index contributed by atoms with van der Waals surface area (Å²) in [6.45, 7) is 4.84. The van der Waals surface area contributed by atoms with Crippen molar-refractivity contribution in [2.75, 3.05) is 0 Å². The summed E-state index contributed by atoms with van der Waals surface area (Å²) in [5, 5.41) is 13.6. The number of aromatic nitrogens is 7. The van der Waals surface area contributed by atoms with E-state index in [0.717, 1.165) is 47.1 Å². The van der Waals surface area contributed by atoms with E-state index in [-0.39, 0.29) is 0 Å². The third-order valence-corrected chi connectivity index (χ3v) is 4.94. The second-order valence-electron chi connectivity index (χ2n) is 6.75. The van der Waals surface area contributed by atoms with E-state index >= 15 is 0 Å². The zero-order chi connectivity index (χ0) is 19.0. The Balaban J connectivity index is 1.65. The number of benzene rings is 1. The minimum absolute atomic E-state index is 0.769. The van der Waals surface area contributed by atoms with Gasteiger partial charge in [0.2, 0.25) is 0 Å². The molecule has 0 unspecified atom stereocenters.